The van der Waals surface area contributed by atoms with Crippen molar-refractivity contribution in [2.24, 2.45) is 0 Å². The number of carbonyl (C=O) groups excluding carboxylic acids is 1. The van der Waals surface area contributed by atoms with E-state index < -0.39 is 0 Å². The third-order valence-corrected chi connectivity index (χ3v) is 3.66. The Hall–Kier alpha value is -2.62. The highest BCUT2D eigenvalue weighted by Gasteiger charge is 2.14. The van der Waals surface area contributed by atoms with Crippen LogP contribution in [0.3, 0.4) is 0 Å². The van der Waals surface area contributed by atoms with Crippen molar-refractivity contribution in [3.63, 3.8) is 0 Å². The molecule has 0 bridgehead atoms. The summed E-state index contributed by atoms with van der Waals surface area (Å²) in [6, 6.07) is 11.5. The Kier molecular flexibility index (Phi) is 3.45. The van der Waals surface area contributed by atoms with E-state index in [0.29, 0.717) is 5.56 Å². The van der Waals surface area contributed by atoms with Gasteiger partial charge in [0.25, 0.3) is 5.91 Å². The van der Waals surface area contributed by atoms with Gasteiger partial charge in [-0.05, 0) is 35.2 Å². The molecule has 0 radical (unpaired) electrons. The Labute approximate surface area is 129 Å². The van der Waals surface area contributed by atoms with E-state index in [4.69, 9.17) is 0 Å². The van der Waals surface area contributed by atoms with E-state index in [1.807, 2.05) is 53.2 Å². The second kappa shape index (κ2) is 5.30. The largest absolute Gasteiger partial charge is 0.321 e. The Morgan fingerprint density at radius 3 is 2.50 bits per heavy atom. The first-order valence-electron chi connectivity index (χ1n) is 7.28. The predicted molar refractivity (Wildman–Crippen MR) is 88.3 cm³/mol. The maximum Gasteiger partial charge on any atom is 0.255 e. The molecule has 3 rings (SSSR count). The molecular weight excluding hydrogens is 274 g/mol. The lowest BCUT2D eigenvalue weighted by Gasteiger charge is -2.19. The first kappa shape index (κ1) is 14.3. The smallest absolute Gasteiger partial charge is 0.255 e. The summed E-state index contributed by atoms with van der Waals surface area (Å²) in [7, 11) is 0. The summed E-state index contributed by atoms with van der Waals surface area (Å²) >= 11 is 0. The summed E-state index contributed by atoms with van der Waals surface area (Å²) in [5.41, 5.74) is 3.55. The van der Waals surface area contributed by atoms with Crippen molar-refractivity contribution >= 4 is 17.2 Å². The van der Waals surface area contributed by atoms with Crippen molar-refractivity contribution in [2.75, 3.05) is 5.32 Å². The average Bonchev–Trinajstić information content (AvgIpc) is 2.94. The summed E-state index contributed by atoms with van der Waals surface area (Å²) < 4.78 is 1.87. The van der Waals surface area contributed by atoms with Crippen molar-refractivity contribution < 1.29 is 4.79 Å². The molecule has 0 atom stereocenters. The molecule has 0 saturated carbocycles. The zero-order valence-corrected chi connectivity index (χ0v) is 13.0. The van der Waals surface area contributed by atoms with Crippen molar-refractivity contribution in [3.8, 4) is 0 Å². The van der Waals surface area contributed by atoms with Gasteiger partial charge in [0.1, 0.15) is 5.65 Å². The maximum atomic E-state index is 12.3. The fourth-order valence-corrected chi connectivity index (χ4v) is 2.32. The Morgan fingerprint density at radius 1 is 1.09 bits per heavy atom. The van der Waals surface area contributed by atoms with Gasteiger partial charge in [-0.25, -0.2) is 4.98 Å². The van der Waals surface area contributed by atoms with Crippen molar-refractivity contribution in [3.05, 3.63) is 66.1 Å². The summed E-state index contributed by atoms with van der Waals surface area (Å²) in [4.78, 5) is 16.5. The molecule has 0 saturated heterocycles. The molecule has 4 heteroatoms. The molecule has 0 fully saturated rings. The van der Waals surface area contributed by atoms with Gasteiger partial charge in [0.2, 0.25) is 0 Å². The van der Waals surface area contributed by atoms with Crippen LogP contribution in [0.5, 0.6) is 0 Å². The van der Waals surface area contributed by atoms with Crippen LogP contribution in [0, 0.1) is 0 Å². The number of pyridine rings is 1. The van der Waals surface area contributed by atoms with Gasteiger partial charge in [-0.1, -0.05) is 32.9 Å². The van der Waals surface area contributed by atoms with Crippen LogP contribution < -0.4 is 5.32 Å². The molecule has 1 N–H and O–H groups in total. The lowest BCUT2D eigenvalue weighted by atomic mass is 9.87. The molecule has 0 spiro atoms. The number of nitrogens with zero attached hydrogens (tertiary/aromatic N) is 2. The van der Waals surface area contributed by atoms with Crippen LogP contribution in [0.2, 0.25) is 0 Å². The van der Waals surface area contributed by atoms with Gasteiger partial charge in [0.05, 0.1) is 5.69 Å². The minimum absolute atomic E-state index is 0.0848. The van der Waals surface area contributed by atoms with Crippen LogP contribution in [0.4, 0.5) is 5.69 Å². The zero-order valence-electron chi connectivity index (χ0n) is 13.0. The van der Waals surface area contributed by atoms with E-state index in [9.17, 15) is 4.79 Å². The molecule has 3 aromatic rings. The number of amides is 1. The standard InChI is InChI=1S/C18H19N3O/c1-18(2,3)14-6-4-13(5-7-14)17(22)20-15-8-9-16-19-10-11-21(16)12-15/h4-12H,1-3H3,(H,20,22). The highest BCUT2D eigenvalue weighted by Crippen LogP contribution is 2.22. The van der Waals surface area contributed by atoms with Gasteiger partial charge < -0.3 is 9.72 Å². The predicted octanol–water partition coefficient (Wildman–Crippen LogP) is 3.88. The minimum Gasteiger partial charge on any atom is -0.321 e. The van der Waals surface area contributed by atoms with Crippen molar-refractivity contribution in [1.29, 1.82) is 0 Å². The molecule has 2 aromatic heterocycles. The van der Waals surface area contributed by atoms with Gasteiger partial charge >= 0.3 is 0 Å². The topological polar surface area (TPSA) is 46.4 Å². The van der Waals surface area contributed by atoms with Crippen LogP contribution in [-0.4, -0.2) is 15.3 Å². The summed E-state index contributed by atoms with van der Waals surface area (Å²) in [5, 5.41) is 2.91. The number of hydrogen-bond acceptors (Lipinski definition) is 2. The highest BCUT2D eigenvalue weighted by molar-refractivity contribution is 6.04. The lowest BCUT2D eigenvalue weighted by molar-refractivity contribution is 0.102. The summed E-state index contributed by atoms with van der Waals surface area (Å²) in [6.45, 7) is 6.47. The lowest BCUT2D eigenvalue weighted by Crippen LogP contribution is -2.14. The fraction of sp³-hybridized carbons (Fsp3) is 0.222. The van der Waals surface area contributed by atoms with E-state index in [1.54, 1.807) is 6.20 Å². The molecular formula is C18H19N3O. The quantitative estimate of drug-likeness (QED) is 0.779. The summed E-state index contributed by atoms with van der Waals surface area (Å²) in [6.07, 6.45) is 5.43. The third kappa shape index (κ3) is 2.86. The van der Waals surface area contributed by atoms with Crippen LogP contribution in [-0.2, 0) is 5.41 Å². The number of anilines is 1. The van der Waals surface area contributed by atoms with Crippen molar-refractivity contribution in [2.45, 2.75) is 26.2 Å². The van der Waals surface area contributed by atoms with Gasteiger partial charge in [0, 0.05) is 24.2 Å². The number of nitrogens with one attached hydrogen (secondary N) is 1. The zero-order chi connectivity index (χ0) is 15.7. The Balaban J connectivity index is 1.78. The molecule has 2 heterocycles. The third-order valence-electron chi connectivity index (χ3n) is 3.66. The second-order valence-electron chi connectivity index (χ2n) is 6.39. The van der Waals surface area contributed by atoms with Gasteiger partial charge in [-0.3, -0.25) is 4.79 Å². The number of fused-ring (bicyclic) bond motifs is 1. The molecule has 112 valence electrons. The number of hydrogen-bond donors (Lipinski definition) is 1. The fourth-order valence-electron chi connectivity index (χ4n) is 2.32. The average molecular weight is 293 g/mol. The van der Waals surface area contributed by atoms with E-state index in [2.05, 4.69) is 31.1 Å². The molecule has 0 unspecified atom stereocenters. The highest BCUT2D eigenvalue weighted by atomic mass is 16.1. The van der Waals surface area contributed by atoms with Crippen LogP contribution in [0.25, 0.3) is 5.65 Å². The molecule has 0 aliphatic rings. The Bertz CT molecular complexity index is 810. The minimum atomic E-state index is -0.111. The summed E-state index contributed by atoms with van der Waals surface area (Å²) in [5.74, 6) is -0.111. The molecule has 4 nitrogen and oxygen atoms in total. The van der Waals surface area contributed by atoms with Crippen LogP contribution in [0.1, 0.15) is 36.7 Å². The van der Waals surface area contributed by atoms with Gasteiger partial charge in [-0.2, -0.15) is 0 Å². The first-order chi connectivity index (χ1) is 10.4. The first-order valence-corrected chi connectivity index (χ1v) is 7.28. The molecule has 22 heavy (non-hydrogen) atoms. The van der Waals surface area contributed by atoms with Crippen molar-refractivity contribution in [1.82, 2.24) is 9.38 Å². The second-order valence-corrected chi connectivity index (χ2v) is 6.39. The normalized spacial score (nSPS) is 11.6. The molecule has 0 aliphatic carbocycles. The van der Waals surface area contributed by atoms with Crippen LogP contribution in [0.15, 0.2) is 55.0 Å². The van der Waals surface area contributed by atoms with E-state index in [-0.39, 0.29) is 11.3 Å². The van der Waals surface area contributed by atoms with E-state index in [0.717, 1.165) is 11.3 Å². The maximum absolute atomic E-state index is 12.3. The molecule has 0 aliphatic heterocycles. The number of aromatic nitrogens is 2. The van der Waals surface area contributed by atoms with Crippen LogP contribution >= 0.6 is 0 Å². The number of benzene rings is 1. The molecule has 1 amide bonds. The van der Waals surface area contributed by atoms with Gasteiger partial charge in [-0.15, -0.1) is 0 Å². The number of rotatable bonds is 2. The van der Waals surface area contributed by atoms with Gasteiger partial charge in [0.15, 0.2) is 0 Å². The number of imidazole rings is 1. The SMILES string of the molecule is CC(C)(C)c1ccc(C(=O)Nc2ccc3nccn3c2)cc1. The number of carbonyl (C=O) groups is 1. The Morgan fingerprint density at radius 2 is 1.82 bits per heavy atom. The van der Waals surface area contributed by atoms with E-state index in [1.165, 1.54) is 5.56 Å². The molecule has 1 aromatic carbocycles. The van der Waals surface area contributed by atoms with E-state index >= 15 is 0 Å². The monoisotopic (exact) mass is 293 g/mol.